The predicted octanol–water partition coefficient (Wildman–Crippen LogP) is 3.70. The van der Waals surface area contributed by atoms with Gasteiger partial charge < -0.3 is 10.1 Å². The minimum absolute atomic E-state index is 0.231. The fourth-order valence-electron chi connectivity index (χ4n) is 3.41. The van der Waals surface area contributed by atoms with Gasteiger partial charge >= 0.3 is 6.03 Å². The minimum atomic E-state index is -0.752. The second kappa shape index (κ2) is 7.89. The van der Waals surface area contributed by atoms with Crippen molar-refractivity contribution in [1.82, 2.24) is 10.3 Å². The third-order valence-corrected chi connectivity index (χ3v) is 5.24. The average Bonchev–Trinajstić information content (AvgIpc) is 2.87. The zero-order chi connectivity index (χ0) is 18.6. The summed E-state index contributed by atoms with van der Waals surface area (Å²) < 4.78 is 5.62. The van der Waals surface area contributed by atoms with Gasteiger partial charge in [0.05, 0.1) is 12.8 Å². The van der Waals surface area contributed by atoms with Crippen LogP contribution in [-0.2, 0) is 4.79 Å². The second-order valence-corrected chi connectivity index (χ2v) is 7.33. The molecule has 3 rings (SSSR count). The van der Waals surface area contributed by atoms with Crippen molar-refractivity contribution in [1.29, 1.82) is 0 Å². The Morgan fingerprint density at radius 3 is 2.62 bits per heavy atom. The number of amides is 3. The van der Waals surface area contributed by atoms with Crippen molar-refractivity contribution in [3.8, 4) is 5.75 Å². The number of rotatable bonds is 6. The highest BCUT2D eigenvalue weighted by Gasteiger charge is 2.52. The van der Waals surface area contributed by atoms with Gasteiger partial charge in [-0.05, 0) is 67.9 Å². The Morgan fingerprint density at radius 2 is 1.96 bits per heavy atom. The molecule has 2 fully saturated rings. The van der Waals surface area contributed by atoms with Gasteiger partial charge in [-0.3, -0.25) is 4.79 Å². The Morgan fingerprint density at radius 1 is 1.27 bits per heavy atom. The Hall–Kier alpha value is -2.37. The number of carbonyl (C=O) groups excluding carboxylic acids is 2. The van der Waals surface area contributed by atoms with E-state index in [1.807, 2.05) is 24.3 Å². The molecule has 26 heavy (non-hydrogen) atoms. The predicted molar refractivity (Wildman–Crippen MR) is 100 cm³/mol. The first-order valence-corrected chi connectivity index (χ1v) is 9.47. The molecule has 1 aromatic carbocycles. The lowest BCUT2D eigenvalue weighted by molar-refractivity contribution is -0.132. The zero-order valence-corrected chi connectivity index (χ0v) is 15.5. The molecular weight excluding hydrogens is 330 g/mol. The molecule has 0 aromatic heterocycles. The Balaban J connectivity index is 1.63. The van der Waals surface area contributed by atoms with E-state index in [4.69, 9.17) is 4.74 Å². The van der Waals surface area contributed by atoms with Gasteiger partial charge in [0.1, 0.15) is 11.3 Å². The van der Waals surface area contributed by atoms with Gasteiger partial charge in [0.15, 0.2) is 0 Å². The maximum absolute atomic E-state index is 12.7. The number of imide groups is 1. The van der Waals surface area contributed by atoms with E-state index in [9.17, 15) is 9.59 Å². The van der Waals surface area contributed by atoms with Crippen LogP contribution in [0.5, 0.6) is 5.75 Å². The first-order valence-electron chi connectivity index (χ1n) is 9.47. The summed E-state index contributed by atoms with van der Waals surface area (Å²) in [6.07, 6.45) is 6.93. The van der Waals surface area contributed by atoms with E-state index >= 15 is 0 Å². The molecule has 1 aromatic rings. The maximum Gasteiger partial charge on any atom is 0.346 e. The number of ether oxygens (including phenoxy) is 1. The van der Waals surface area contributed by atoms with Crippen LogP contribution in [0.15, 0.2) is 29.4 Å². The van der Waals surface area contributed by atoms with Gasteiger partial charge in [-0.25, -0.2) is 4.79 Å². The fourth-order valence-corrected chi connectivity index (χ4v) is 3.41. The molecule has 0 unspecified atom stereocenters. The van der Waals surface area contributed by atoms with Crippen molar-refractivity contribution < 1.29 is 14.3 Å². The van der Waals surface area contributed by atoms with Crippen LogP contribution in [0.25, 0.3) is 0 Å². The molecule has 3 amide bonds. The van der Waals surface area contributed by atoms with E-state index in [1.165, 1.54) is 6.21 Å². The molecule has 0 atom stereocenters. The average molecular weight is 357 g/mol. The first-order chi connectivity index (χ1) is 12.5. The normalized spacial score (nSPS) is 25.9. The topological polar surface area (TPSA) is 71.0 Å². The molecule has 1 aliphatic carbocycles. The lowest BCUT2D eigenvalue weighted by Crippen LogP contribution is -2.49. The van der Waals surface area contributed by atoms with E-state index in [0.717, 1.165) is 42.0 Å². The highest BCUT2D eigenvalue weighted by Crippen LogP contribution is 2.36. The van der Waals surface area contributed by atoms with Crippen molar-refractivity contribution in [2.24, 2.45) is 11.0 Å². The van der Waals surface area contributed by atoms with E-state index < -0.39 is 11.6 Å². The molecule has 2 aliphatic rings. The molecule has 6 nitrogen and oxygen atoms in total. The summed E-state index contributed by atoms with van der Waals surface area (Å²) in [6.45, 7) is 5.00. The first kappa shape index (κ1) is 18.4. The molecule has 6 heteroatoms. The molecule has 1 aliphatic heterocycles. The number of hydrazone groups is 1. The quantitative estimate of drug-likeness (QED) is 0.479. The molecule has 0 radical (unpaired) electrons. The lowest BCUT2D eigenvalue weighted by atomic mass is 9.77. The number of nitrogens with zero attached hydrogens (tertiary/aromatic N) is 2. The summed E-state index contributed by atoms with van der Waals surface area (Å²) in [5.74, 6) is 1.17. The van der Waals surface area contributed by atoms with E-state index in [2.05, 4.69) is 24.3 Å². The van der Waals surface area contributed by atoms with Crippen LogP contribution in [-0.4, -0.2) is 35.3 Å². The number of benzene rings is 1. The van der Waals surface area contributed by atoms with Crippen LogP contribution in [0.3, 0.4) is 0 Å². The number of unbranched alkanes of at least 4 members (excludes halogenated alkanes) is 1. The lowest BCUT2D eigenvalue weighted by Gasteiger charge is -2.33. The number of carbonyl (C=O) groups is 2. The summed E-state index contributed by atoms with van der Waals surface area (Å²) in [6, 6.07) is 7.03. The molecule has 1 heterocycles. The number of nitrogens with one attached hydrogen (secondary N) is 1. The van der Waals surface area contributed by atoms with Crippen LogP contribution < -0.4 is 10.1 Å². The van der Waals surface area contributed by atoms with Gasteiger partial charge in [-0.1, -0.05) is 20.3 Å². The Kier molecular flexibility index (Phi) is 5.59. The second-order valence-electron chi connectivity index (χ2n) is 7.33. The smallest absolute Gasteiger partial charge is 0.346 e. The van der Waals surface area contributed by atoms with Crippen molar-refractivity contribution in [2.75, 3.05) is 6.61 Å². The van der Waals surface area contributed by atoms with E-state index in [0.29, 0.717) is 25.4 Å². The highest BCUT2D eigenvalue weighted by atomic mass is 16.5. The van der Waals surface area contributed by atoms with Gasteiger partial charge in [0, 0.05) is 0 Å². The zero-order valence-electron chi connectivity index (χ0n) is 15.5. The van der Waals surface area contributed by atoms with Crippen molar-refractivity contribution >= 4 is 18.2 Å². The van der Waals surface area contributed by atoms with Gasteiger partial charge in [-0.2, -0.15) is 5.10 Å². The van der Waals surface area contributed by atoms with Crippen LogP contribution >= 0.6 is 0 Å². The molecule has 1 saturated heterocycles. The van der Waals surface area contributed by atoms with Crippen molar-refractivity contribution in [2.45, 2.75) is 57.9 Å². The maximum atomic E-state index is 12.7. The summed E-state index contributed by atoms with van der Waals surface area (Å²) >= 11 is 0. The van der Waals surface area contributed by atoms with Crippen LogP contribution in [0.2, 0.25) is 0 Å². The summed E-state index contributed by atoms with van der Waals surface area (Å²) in [5, 5.41) is 7.98. The number of urea groups is 1. The molecular formula is C20H27N3O3. The number of hydrogen-bond acceptors (Lipinski definition) is 4. The largest absolute Gasteiger partial charge is 0.494 e. The monoisotopic (exact) mass is 357 g/mol. The minimum Gasteiger partial charge on any atom is -0.494 e. The highest BCUT2D eigenvalue weighted by molar-refractivity contribution is 6.07. The van der Waals surface area contributed by atoms with Gasteiger partial charge in [0.25, 0.3) is 5.91 Å². The third kappa shape index (κ3) is 3.89. The summed E-state index contributed by atoms with van der Waals surface area (Å²) in [7, 11) is 0. The summed E-state index contributed by atoms with van der Waals surface area (Å²) in [5.41, 5.74) is 0.0596. The van der Waals surface area contributed by atoms with Crippen LogP contribution in [0, 0.1) is 5.92 Å². The van der Waals surface area contributed by atoms with E-state index in [-0.39, 0.29) is 5.91 Å². The molecule has 1 saturated carbocycles. The van der Waals surface area contributed by atoms with Crippen molar-refractivity contribution in [3.05, 3.63) is 29.8 Å². The standard InChI is InChI=1S/C20H27N3O3/c1-3-4-13-26-17-7-5-16(6-8-17)14-21-23-18(24)20(22-19(23)25)11-9-15(2)10-12-20/h5-8,14-15H,3-4,9-13H2,1-2H3,(H,22,25)/b21-14-. The fraction of sp³-hybridized carbons (Fsp3) is 0.550. The third-order valence-electron chi connectivity index (χ3n) is 5.24. The van der Waals surface area contributed by atoms with Crippen molar-refractivity contribution in [3.63, 3.8) is 0 Å². The van der Waals surface area contributed by atoms with E-state index in [1.54, 1.807) is 0 Å². The van der Waals surface area contributed by atoms with Crippen LogP contribution in [0.1, 0.15) is 57.9 Å². The number of hydrogen-bond donors (Lipinski definition) is 1. The SMILES string of the molecule is CCCCOc1ccc(/C=N\N2C(=O)NC3(CCC(C)CC3)C2=O)cc1. The molecule has 1 spiro atoms. The Bertz CT molecular complexity index is 676. The Labute approximate surface area is 154 Å². The van der Waals surface area contributed by atoms with Gasteiger partial charge in [-0.15, -0.1) is 5.01 Å². The summed E-state index contributed by atoms with van der Waals surface area (Å²) in [4.78, 5) is 25.0. The molecule has 0 bridgehead atoms. The van der Waals surface area contributed by atoms with Gasteiger partial charge in [0.2, 0.25) is 0 Å². The van der Waals surface area contributed by atoms with Crippen LogP contribution in [0.4, 0.5) is 4.79 Å². The molecule has 1 N–H and O–H groups in total. The molecule has 140 valence electrons.